The molecular weight excluding hydrogens is 230 g/mol. The fraction of sp³-hybridized carbons (Fsp3) is 0.333. The average Bonchev–Trinajstić information content (AvgIpc) is 2.73. The highest BCUT2D eigenvalue weighted by Gasteiger charge is 2.34. The van der Waals surface area contributed by atoms with E-state index in [1.165, 1.54) is 0 Å². The molecule has 94 valence electrons. The van der Waals surface area contributed by atoms with Crippen LogP contribution >= 0.6 is 0 Å². The van der Waals surface area contributed by atoms with E-state index in [9.17, 15) is 5.11 Å². The van der Waals surface area contributed by atoms with Crippen LogP contribution in [0.3, 0.4) is 0 Å². The smallest absolute Gasteiger partial charge is 0.226 e. The Hall–Kier alpha value is -1.92. The molecule has 6 heteroatoms. The molecule has 0 radical (unpaired) electrons. The van der Waals surface area contributed by atoms with Crippen LogP contribution in [-0.2, 0) is 0 Å². The van der Waals surface area contributed by atoms with E-state index >= 15 is 0 Å². The Kier molecular flexibility index (Phi) is 2.95. The summed E-state index contributed by atoms with van der Waals surface area (Å²) in [5, 5.41) is 23.3. The van der Waals surface area contributed by atoms with Crippen molar-refractivity contribution in [3.63, 3.8) is 0 Å². The minimum Gasteiger partial charge on any atom is -0.492 e. The summed E-state index contributed by atoms with van der Waals surface area (Å²) >= 11 is 0. The molecule has 3 rings (SSSR count). The van der Waals surface area contributed by atoms with Crippen LogP contribution in [0.25, 0.3) is 0 Å². The zero-order valence-electron chi connectivity index (χ0n) is 9.87. The lowest BCUT2D eigenvalue weighted by atomic mass is 10.2. The van der Waals surface area contributed by atoms with Gasteiger partial charge in [-0.2, -0.15) is 10.1 Å². The highest BCUT2D eigenvalue weighted by molar-refractivity contribution is 5.35. The molecule has 3 N–H and O–H groups in total. The quantitative estimate of drug-likeness (QED) is 0.693. The Balaban J connectivity index is 1.79. The third-order valence-electron chi connectivity index (χ3n) is 3.01. The second-order valence-electron chi connectivity index (χ2n) is 4.28. The molecule has 2 aliphatic heterocycles. The summed E-state index contributed by atoms with van der Waals surface area (Å²) in [6, 6.07) is 9.48. The van der Waals surface area contributed by atoms with Gasteiger partial charge in [-0.05, 0) is 25.1 Å². The second kappa shape index (κ2) is 4.75. The van der Waals surface area contributed by atoms with Crippen LogP contribution in [0.2, 0.25) is 0 Å². The molecule has 1 atom stereocenters. The summed E-state index contributed by atoms with van der Waals surface area (Å²) < 4.78 is 0. The molecule has 18 heavy (non-hydrogen) atoms. The number of azo groups is 1. The van der Waals surface area contributed by atoms with Crippen molar-refractivity contribution < 1.29 is 5.11 Å². The first-order valence-electron chi connectivity index (χ1n) is 6.01. The van der Waals surface area contributed by atoms with Gasteiger partial charge in [0.05, 0.1) is 5.69 Å². The SMILES string of the molecule is OC1=C(N=Nc2ccccc2)C2NCCCN2N1. The van der Waals surface area contributed by atoms with Crippen molar-refractivity contribution in [3.05, 3.63) is 41.9 Å². The van der Waals surface area contributed by atoms with Crippen LogP contribution in [0, 0.1) is 0 Å². The third-order valence-corrected chi connectivity index (χ3v) is 3.01. The Bertz CT molecular complexity index is 485. The third kappa shape index (κ3) is 2.07. The van der Waals surface area contributed by atoms with Gasteiger partial charge in [0.2, 0.25) is 5.88 Å². The monoisotopic (exact) mass is 245 g/mol. The molecule has 1 fully saturated rings. The summed E-state index contributed by atoms with van der Waals surface area (Å²) in [5.41, 5.74) is 4.21. The summed E-state index contributed by atoms with van der Waals surface area (Å²) in [7, 11) is 0. The minimum atomic E-state index is -0.0915. The highest BCUT2D eigenvalue weighted by atomic mass is 16.3. The van der Waals surface area contributed by atoms with E-state index in [0.717, 1.165) is 25.2 Å². The van der Waals surface area contributed by atoms with Gasteiger partial charge in [0.15, 0.2) is 5.70 Å². The number of nitrogens with one attached hydrogen (secondary N) is 2. The molecule has 0 bridgehead atoms. The predicted molar refractivity (Wildman–Crippen MR) is 66.9 cm³/mol. The molecular formula is C12H15N5O. The van der Waals surface area contributed by atoms with Crippen molar-refractivity contribution in [2.45, 2.75) is 12.6 Å². The van der Waals surface area contributed by atoms with Gasteiger partial charge in [-0.1, -0.05) is 18.2 Å². The van der Waals surface area contributed by atoms with Crippen LogP contribution in [-0.4, -0.2) is 29.4 Å². The highest BCUT2D eigenvalue weighted by Crippen LogP contribution is 2.23. The normalized spacial score (nSPS) is 24.3. The summed E-state index contributed by atoms with van der Waals surface area (Å²) in [5.74, 6) is 0.0779. The second-order valence-corrected chi connectivity index (χ2v) is 4.28. The van der Waals surface area contributed by atoms with Gasteiger partial charge in [-0.3, -0.25) is 10.7 Å². The van der Waals surface area contributed by atoms with E-state index in [-0.39, 0.29) is 12.0 Å². The first-order chi connectivity index (χ1) is 8.84. The topological polar surface area (TPSA) is 72.2 Å². The lowest BCUT2D eigenvalue weighted by molar-refractivity contribution is 0.118. The van der Waals surface area contributed by atoms with Gasteiger partial charge in [0.1, 0.15) is 6.17 Å². The largest absolute Gasteiger partial charge is 0.492 e. The van der Waals surface area contributed by atoms with Gasteiger partial charge in [0.25, 0.3) is 0 Å². The summed E-state index contributed by atoms with van der Waals surface area (Å²) in [6.07, 6.45) is 0.950. The molecule has 1 unspecified atom stereocenters. The van der Waals surface area contributed by atoms with Crippen LogP contribution < -0.4 is 10.7 Å². The average molecular weight is 245 g/mol. The number of benzene rings is 1. The summed E-state index contributed by atoms with van der Waals surface area (Å²) in [6.45, 7) is 1.80. The number of aliphatic hydroxyl groups is 1. The van der Waals surface area contributed by atoms with Crippen LogP contribution in [0.15, 0.2) is 52.1 Å². The maximum absolute atomic E-state index is 9.83. The van der Waals surface area contributed by atoms with Crippen molar-refractivity contribution in [2.24, 2.45) is 10.2 Å². The van der Waals surface area contributed by atoms with Crippen molar-refractivity contribution >= 4 is 5.69 Å². The minimum absolute atomic E-state index is 0.0779. The van der Waals surface area contributed by atoms with Crippen molar-refractivity contribution in [3.8, 4) is 0 Å². The number of aliphatic hydroxyl groups excluding tert-OH is 1. The van der Waals surface area contributed by atoms with Crippen LogP contribution in [0.4, 0.5) is 5.69 Å². The Morgan fingerprint density at radius 1 is 1.22 bits per heavy atom. The van der Waals surface area contributed by atoms with Gasteiger partial charge in [0, 0.05) is 6.54 Å². The molecule has 2 heterocycles. The number of hydrogen-bond donors (Lipinski definition) is 3. The van der Waals surface area contributed by atoms with E-state index in [0.29, 0.717) is 5.70 Å². The van der Waals surface area contributed by atoms with Crippen molar-refractivity contribution in [2.75, 3.05) is 13.1 Å². The number of hydrogen-bond acceptors (Lipinski definition) is 6. The van der Waals surface area contributed by atoms with Gasteiger partial charge < -0.3 is 5.11 Å². The Morgan fingerprint density at radius 3 is 2.89 bits per heavy atom. The maximum atomic E-state index is 9.83. The molecule has 0 saturated carbocycles. The molecule has 0 aromatic heterocycles. The molecule has 2 aliphatic rings. The predicted octanol–water partition coefficient (Wildman–Crippen LogP) is 1.64. The van der Waals surface area contributed by atoms with E-state index < -0.39 is 0 Å². The Morgan fingerprint density at radius 2 is 2.06 bits per heavy atom. The number of nitrogens with zero attached hydrogens (tertiary/aromatic N) is 3. The molecule has 1 aromatic carbocycles. The van der Waals surface area contributed by atoms with Gasteiger partial charge in [-0.25, -0.2) is 0 Å². The first kappa shape index (κ1) is 11.2. The van der Waals surface area contributed by atoms with Crippen LogP contribution in [0.5, 0.6) is 0 Å². The fourth-order valence-corrected chi connectivity index (χ4v) is 2.12. The van der Waals surface area contributed by atoms with Crippen LogP contribution in [0.1, 0.15) is 6.42 Å². The number of fused-ring (bicyclic) bond motifs is 1. The summed E-state index contributed by atoms with van der Waals surface area (Å²) in [4.78, 5) is 0. The zero-order valence-corrected chi connectivity index (χ0v) is 9.87. The lowest BCUT2D eigenvalue weighted by Crippen LogP contribution is -2.52. The van der Waals surface area contributed by atoms with E-state index in [1.54, 1.807) is 0 Å². The molecule has 1 saturated heterocycles. The number of hydrazine groups is 1. The zero-order chi connectivity index (χ0) is 12.4. The fourth-order valence-electron chi connectivity index (χ4n) is 2.12. The first-order valence-corrected chi connectivity index (χ1v) is 6.01. The lowest BCUT2D eigenvalue weighted by Gasteiger charge is -2.29. The van der Waals surface area contributed by atoms with Gasteiger partial charge >= 0.3 is 0 Å². The van der Waals surface area contributed by atoms with Gasteiger partial charge in [-0.15, -0.1) is 5.11 Å². The number of rotatable bonds is 2. The standard InChI is InChI=1S/C12H15N5O/c18-12-10(11-13-7-4-8-17(11)16-12)15-14-9-5-2-1-3-6-9/h1-3,5-6,11,13,16,18H,4,7-8H2. The van der Waals surface area contributed by atoms with E-state index in [1.807, 2.05) is 35.3 Å². The molecule has 0 aliphatic carbocycles. The molecule has 6 nitrogen and oxygen atoms in total. The molecule has 0 amide bonds. The molecule has 0 spiro atoms. The van der Waals surface area contributed by atoms with E-state index in [2.05, 4.69) is 21.0 Å². The van der Waals surface area contributed by atoms with Crippen molar-refractivity contribution in [1.82, 2.24) is 15.8 Å². The Labute approximate surface area is 105 Å². The van der Waals surface area contributed by atoms with E-state index in [4.69, 9.17) is 0 Å². The van der Waals surface area contributed by atoms with Crippen molar-refractivity contribution in [1.29, 1.82) is 0 Å². The molecule has 1 aromatic rings. The maximum Gasteiger partial charge on any atom is 0.226 e.